The fourth-order valence-corrected chi connectivity index (χ4v) is 8.37. The van der Waals surface area contributed by atoms with Crippen molar-refractivity contribution in [3.8, 4) is 0 Å². The molecule has 23 heavy (non-hydrogen) atoms. The van der Waals surface area contributed by atoms with Crippen LogP contribution in [0.4, 0.5) is 0 Å². The molecular formula is C20H32O3. The van der Waals surface area contributed by atoms with Crippen molar-refractivity contribution in [1.82, 2.24) is 0 Å². The normalized spacial score (nSPS) is 66.4. The van der Waals surface area contributed by atoms with E-state index in [2.05, 4.69) is 20.8 Å². The molecule has 5 aliphatic rings. The summed E-state index contributed by atoms with van der Waals surface area (Å²) in [4.78, 5) is 0. The maximum atomic E-state index is 11.3. The molecule has 3 nitrogen and oxygen atoms in total. The lowest BCUT2D eigenvalue weighted by Gasteiger charge is -2.65. The van der Waals surface area contributed by atoms with Crippen LogP contribution < -0.4 is 0 Å². The van der Waals surface area contributed by atoms with Gasteiger partial charge in [-0.15, -0.1) is 0 Å². The molecule has 130 valence electrons. The zero-order valence-electron chi connectivity index (χ0n) is 14.8. The van der Waals surface area contributed by atoms with E-state index >= 15 is 0 Å². The van der Waals surface area contributed by atoms with Crippen LogP contribution in [0, 0.1) is 34.0 Å². The van der Waals surface area contributed by atoms with E-state index in [0.29, 0.717) is 23.9 Å². The summed E-state index contributed by atoms with van der Waals surface area (Å²) < 4.78 is 6.23. The van der Waals surface area contributed by atoms with Gasteiger partial charge in [-0.1, -0.05) is 20.3 Å². The Hall–Kier alpha value is -0.120. The van der Waals surface area contributed by atoms with Gasteiger partial charge < -0.3 is 14.9 Å². The first-order valence-electron chi connectivity index (χ1n) is 9.78. The third kappa shape index (κ3) is 1.50. The van der Waals surface area contributed by atoms with Gasteiger partial charge in [-0.25, -0.2) is 0 Å². The Labute approximate surface area is 139 Å². The summed E-state index contributed by atoms with van der Waals surface area (Å²) in [5.41, 5.74) is 0.320. The van der Waals surface area contributed by atoms with E-state index in [-0.39, 0.29) is 34.6 Å². The quantitative estimate of drug-likeness (QED) is 0.730. The second-order valence-electron chi connectivity index (χ2n) is 10.3. The molecule has 0 aromatic carbocycles. The van der Waals surface area contributed by atoms with Crippen LogP contribution in [0.15, 0.2) is 0 Å². The average Bonchev–Trinajstić information content (AvgIpc) is 3.19. The van der Waals surface area contributed by atoms with E-state index < -0.39 is 0 Å². The third-order valence-electron chi connectivity index (χ3n) is 9.52. The van der Waals surface area contributed by atoms with Crippen LogP contribution in [0.5, 0.6) is 0 Å². The van der Waals surface area contributed by atoms with Gasteiger partial charge in [0.1, 0.15) is 0 Å². The van der Waals surface area contributed by atoms with E-state index in [4.69, 9.17) is 4.74 Å². The molecule has 1 aliphatic heterocycles. The molecule has 4 aliphatic carbocycles. The highest BCUT2D eigenvalue weighted by atomic mass is 16.6. The van der Waals surface area contributed by atoms with Gasteiger partial charge in [0.2, 0.25) is 0 Å². The third-order valence-corrected chi connectivity index (χ3v) is 9.52. The number of aliphatic hydroxyl groups excluding tert-OH is 2. The Morgan fingerprint density at radius 3 is 2.61 bits per heavy atom. The van der Waals surface area contributed by atoms with Crippen molar-refractivity contribution >= 4 is 0 Å². The molecule has 2 bridgehead atoms. The summed E-state index contributed by atoms with van der Waals surface area (Å²) in [6, 6.07) is 0. The maximum Gasteiger partial charge on any atom is 0.0957 e. The Morgan fingerprint density at radius 1 is 1.09 bits per heavy atom. The Balaban J connectivity index is 1.61. The minimum absolute atomic E-state index is 0.0105. The Bertz CT molecular complexity index is 549. The van der Waals surface area contributed by atoms with Crippen LogP contribution in [0.25, 0.3) is 0 Å². The number of rotatable bonds is 1. The standard InChI is InChI=1S/C20H32O3/c1-17(11-21)7-4-8-18(2)13-6-5-12-10-20(13,15(22)9-14(17)18)16-19(12,3)23-16/h12-16,21-22H,4-11H2,1-3H3/t12-,13+,14-,15+,16+,17-,18+,19+,20-/m0/s1. The number of epoxide rings is 1. The predicted octanol–water partition coefficient (Wildman–Crippen LogP) is 3.13. The van der Waals surface area contributed by atoms with Crippen molar-refractivity contribution in [3.05, 3.63) is 0 Å². The molecule has 3 heteroatoms. The lowest BCUT2D eigenvalue weighted by Crippen LogP contribution is -2.63. The summed E-state index contributed by atoms with van der Waals surface area (Å²) in [6.07, 6.45) is 8.21. The monoisotopic (exact) mass is 320 g/mol. The molecule has 4 saturated carbocycles. The van der Waals surface area contributed by atoms with Crippen LogP contribution in [0.3, 0.4) is 0 Å². The summed E-state index contributed by atoms with van der Waals surface area (Å²) in [5, 5.41) is 21.4. The first-order valence-corrected chi connectivity index (χ1v) is 9.78. The molecule has 0 amide bonds. The van der Waals surface area contributed by atoms with E-state index in [1.54, 1.807) is 0 Å². The van der Waals surface area contributed by atoms with Crippen molar-refractivity contribution in [1.29, 1.82) is 0 Å². The molecule has 0 radical (unpaired) electrons. The number of ether oxygens (including phenoxy) is 1. The van der Waals surface area contributed by atoms with Crippen molar-refractivity contribution in [2.24, 2.45) is 34.0 Å². The first-order chi connectivity index (χ1) is 10.8. The molecule has 1 saturated heterocycles. The molecule has 0 aromatic rings. The average molecular weight is 320 g/mol. The van der Waals surface area contributed by atoms with Crippen LogP contribution in [-0.4, -0.2) is 34.6 Å². The molecule has 5 fully saturated rings. The fourth-order valence-electron chi connectivity index (χ4n) is 8.37. The largest absolute Gasteiger partial charge is 0.396 e. The summed E-state index contributed by atoms with van der Waals surface area (Å²) in [5.74, 6) is 1.67. The highest BCUT2D eigenvalue weighted by molar-refractivity contribution is 5.28. The highest BCUT2D eigenvalue weighted by Crippen LogP contribution is 2.77. The zero-order chi connectivity index (χ0) is 16.3. The van der Waals surface area contributed by atoms with Crippen molar-refractivity contribution in [3.63, 3.8) is 0 Å². The van der Waals surface area contributed by atoms with Crippen LogP contribution >= 0.6 is 0 Å². The minimum atomic E-state index is -0.244. The van der Waals surface area contributed by atoms with Crippen molar-refractivity contribution in [2.75, 3.05) is 6.61 Å². The van der Waals surface area contributed by atoms with Crippen molar-refractivity contribution in [2.45, 2.75) is 83.5 Å². The number of aliphatic hydroxyl groups is 2. The fraction of sp³-hybridized carbons (Fsp3) is 1.00. The Kier molecular flexibility index (Phi) is 2.74. The van der Waals surface area contributed by atoms with E-state index in [0.717, 1.165) is 12.8 Å². The van der Waals surface area contributed by atoms with E-state index in [1.807, 2.05) is 0 Å². The van der Waals surface area contributed by atoms with Gasteiger partial charge in [0, 0.05) is 12.0 Å². The van der Waals surface area contributed by atoms with Gasteiger partial charge in [0.25, 0.3) is 0 Å². The highest BCUT2D eigenvalue weighted by Gasteiger charge is 2.81. The SMILES string of the molecule is C[C@@]1(CO)CCC[C@]2(C)[C@H]3CC[C@H]4C[C@]3([C@H](O)C[C@@H]12)[C@@H]1O[C@]41C. The second kappa shape index (κ2) is 4.16. The van der Waals surface area contributed by atoms with E-state index in [9.17, 15) is 10.2 Å². The summed E-state index contributed by atoms with van der Waals surface area (Å²) in [7, 11) is 0. The topological polar surface area (TPSA) is 53.0 Å². The molecule has 5 rings (SSSR count). The lowest BCUT2D eigenvalue weighted by molar-refractivity contribution is -0.220. The summed E-state index contributed by atoms with van der Waals surface area (Å²) in [6.45, 7) is 7.30. The molecule has 0 unspecified atom stereocenters. The molecule has 1 spiro atoms. The van der Waals surface area contributed by atoms with E-state index in [1.165, 1.54) is 32.1 Å². The molecule has 2 N–H and O–H groups in total. The zero-order valence-corrected chi connectivity index (χ0v) is 14.8. The Morgan fingerprint density at radius 2 is 1.87 bits per heavy atom. The lowest BCUT2D eigenvalue weighted by atomic mass is 9.40. The van der Waals surface area contributed by atoms with Crippen molar-refractivity contribution < 1.29 is 14.9 Å². The van der Waals surface area contributed by atoms with Gasteiger partial charge >= 0.3 is 0 Å². The van der Waals surface area contributed by atoms with Gasteiger partial charge in [-0.2, -0.15) is 0 Å². The summed E-state index contributed by atoms with van der Waals surface area (Å²) >= 11 is 0. The molecule has 9 atom stereocenters. The molecular weight excluding hydrogens is 288 g/mol. The van der Waals surface area contributed by atoms with Crippen LogP contribution in [0.1, 0.15) is 65.7 Å². The number of hydrogen-bond donors (Lipinski definition) is 2. The van der Waals surface area contributed by atoms with Crippen LogP contribution in [-0.2, 0) is 4.74 Å². The molecule has 1 heterocycles. The van der Waals surface area contributed by atoms with Crippen LogP contribution in [0.2, 0.25) is 0 Å². The first kappa shape index (κ1) is 15.2. The predicted molar refractivity (Wildman–Crippen MR) is 87.8 cm³/mol. The van der Waals surface area contributed by atoms with Gasteiger partial charge in [-0.3, -0.25) is 0 Å². The maximum absolute atomic E-state index is 11.3. The minimum Gasteiger partial charge on any atom is -0.396 e. The smallest absolute Gasteiger partial charge is 0.0957 e. The van der Waals surface area contributed by atoms with Gasteiger partial charge in [0.05, 0.1) is 17.8 Å². The van der Waals surface area contributed by atoms with Gasteiger partial charge in [0.15, 0.2) is 0 Å². The second-order valence-corrected chi connectivity index (χ2v) is 10.3. The number of fused-ring (bicyclic) bond motifs is 5. The number of hydrogen-bond acceptors (Lipinski definition) is 3. The van der Waals surface area contributed by atoms with Gasteiger partial charge in [-0.05, 0) is 74.0 Å². The molecule has 0 aromatic heterocycles.